The third-order valence-electron chi connectivity index (χ3n) is 2.98. The second kappa shape index (κ2) is 6.65. The number of anilines is 1. The third-order valence-corrected chi connectivity index (χ3v) is 4.05. The fourth-order valence-electron chi connectivity index (χ4n) is 1.86. The van der Waals surface area contributed by atoms with Gasteiger partial charge in [0.05, 0.1) is 16.1 Å². The van der Waals surface area contributed by atoms with Crippen molar-refractivity contribution in [2.45, 2.75) is 6.92 Å². The van der Waals surface area contributed by atoms with Crippen molar-refractivity contribution in [1.82, 2.24) is 15.2 Å². The van der Waals surface area contributed by atoms with Crippen molar-refractivity contribution >= 4 is 34.7 Å². The average molecular weight is 343 g/mol. The van der Waals surface area contributed by atoms with Crippen LogP contribution in [0.4, 0.5) is 5.82 Å². The number of aromatic nitrogens is 3. The van der Waals surface area contributed by atoms with E-state index < -0.39 is 0 Å². The highest BCUT2D eigenvalue weighted by molar-refractivity contribution is 7.10. The first kappa shape index (κ1) is 15.3. The molecule has 3 rings (SSSR count). The Bertz CT molecular complexity index is 906. The molecule has 0 atom stereocenters. The lowest BCUT2D eigenvalue weighted by Gasteiger charge is -2.06. The van der Waals surface area contributed by atoms with Crippen LogP contribution in [0.5, 0.6) is 0 Å². The first-order chi connectivity index (χ1) is 11.1. The van der Waals surface area contributed by atoms with E-state index in [1.54, 1.807) is 17.5 Å². The normalized spacial score (nSPS) is 10.0. The number of hydrogen-bond donors (Lipinski definition) is 2. The van der Waals surface area contributed by atoms with E-state index in [9.17, 15) is 4.79 Å². The van der Waals surface area contributed by atoms with Crippen molar-refractivity contribution in [3.8, 4) is 11.8 Å². The average Bonchev–Trinajstić information content (AvgIpc) is 3.19. The number of pyridine rings is 1. The van der Waals surface area contributed by atoms with Crippen LogP contribution >= 0.6 is 22.9 Å². The van der Waals surface area contributed by atoms with Gasteiger partial charge in [0.2, 0.25) is 0 Å². The molecule has 5 nitrogen and oxygen atoms in total. The Morgan fingerprint density at radius 3 is 2.91 bits per heavy atom. The van der Waals surface area contributed by atoms with Crippen molar-refractivity contribution in [1.29, 1.82) is 0 Å². The van der Waals surface area contributed by atoms with Gasteiger partial charge in [0, 0.05) is 11.8 Å². The molecule has 3 aromatic rings. The third kappa shape index (κ3) is 3.59. The molecular weight excluding hydrogens is 332 g/mol. The summed E-state index contributed by atoms with van der Waals surface area (Å²) < 4.78 is 0. The number of aromatic amines is 1. The molecule has 2 N–H and O–H groups in total. The summed E-state index contributed by atoms with van der Waals surface area (Å²) in [6, 6.07) is 5.79. The fourth-order valence-corrected chi connectivity index (χ4v) is 2.61. The standard InChI is InChI=1S/C16H11ClN4OS/c1-10-7-11(4-5-12-3-2-6-23-12)8-18-15(10)20-16(22)14-13(17)9-19-21-14/h2-3,6-9H,1H3,(H,19,21)(H,18,20,22). The molecule has 0 bridgehead atoms. The zero-order valence-electron chi connectivity index (χ0n) is 12.1. The molecule has 0 spiro atoms. The lowest BCUT2D eigenvalue weighted by molar-refractivity contribution is 0.102. The van der Waals surface area contributed by atoms with Crippen LogP contribution in [-0.4, -0.2) is 21.1 Å². The summed E-state index contributed by atoms with van der Waals surface area (Å²) in [6.07, 6.45) is 3.00. The molecule has 0 saturated heterocycles. The highest BCUT2D eigenvalue weighted by Crippen LogP contribution is 2.17. The topological polar surface area (TPSA) is 70.7 Å². The van der Waals surface area contributed by atoms with Gasteiger partial charge < -0.3 is 5.32 Å². The molecular formula is C16H11ClN4OS. The van der Waals surface area contributed by atoms with Gasteiger partial charge in [-0.15, -0.1) is 11.3 Å². The maximum Gasteiger partial charge on any atom is 0.276 e. The largest absolute Gasteiger partial charge is 0.305 e. The number of halogens is 1. The van der Waals surface area contributed by atoms with Crippen molar-refractivity contribution in [2.75, 3.05) is 5.32 Å². The Morgan fingerprint density at radius 2 is 2.26 bits per heavy atom. The van der Waals surface area contributed by atoms with Crippen LogP contribution in [0.2, 0.25) is 5.02 Å². The minimum Gasteiger partial charge on any atom is -0.305 e. The smallest absolute Gasteiger partial charge is 0.276 e. The molecule has 0 fully saturated rings. The predicted molar refractivity (Wildman–Crippen MR) is 90.8 cm³/mol. The molecule has 23 heavy (non-hydrogen) atoms. The lowest BCUT2D eigenvalue weighted by atomic mass is 10.2. The van der Waals surface area contributed by atoms with Crippen LogP contribution in [0.15, 0.2) is 36.0 Å². The Labute approximate surface area is 141 Å². The fraction of sp³-hybridized carbons (Fsp3) is 0.0625. The maximum atomic E-state index is 12.1. The number of rotatable bonds is 2. The molecule has 0 aliphatic carbocycles. The van der Waals surface area contributed by atoms with E-state index in [0.717, 1.165) is 16.0 Å². The van der Waals surface area contributed by atoms with Crippen molar-refractivity contribution in [3.05, 3.63) is 62.7 Å². The van der Waals surface area contributed by atoms with E-state index in [1.165, 1.54) is 6.20 Å². The molecule has 0 aliphatic heterocycles. The van der Waals surface area contributed by atoms with Gasteiger partial charge in [-0.1, -0.05) is 29.5 Å². The highest BCUT2D eigenvalue weighted by Gasteiger charge is 2.14. The predicted octanol–water partition coefficient (Wildman–Crippen LogP) is 3.48. The summed E-state index contributed by atoms with van der Waals surface area (Å²) in [5, 5.41) is 11.2. The Balaban J connectivity index is 1.77. The van der Waals surface area contributed by atoms with Crippen LogP contribution < -0.4 is 5.32 Å². The second-order valence-corrected chi connectivity index (χ2v) is 6.02. The molecule has 3 heterocycles. The van der Waals surface area contributed by atoms with Crippen LogP contribution in [-0.2, 0) is 0 Å². The molecule has 1 amide bonds. The van der Waals surface area contributed by atoms with E-state index in [4.69, 9.17) is 11.6 Å². The summed E-state index contributed by atoms with van der Waals surface area (Å²) in [5.41, 5.74) is 1.80. The SMILES string of the molecule is Cc1cc(C#Cc2cccs2)cnc1NC(=O)c1[nH]ncc1Cl. The van der Waals surface area contributed by atoms with Crippen LogP contribution in [0.1, 0.15) is 26.5 Å². The van der Waals surface area contributed by atoms with Gasteiger partial charge in [-0.05, 0) is 30.0 Å². The first-order valence-electron chi connectivity index (χ1n) is 6.66. The Morgan fingerprint density at radius 1 is 1.39 bits per heavy atom. The molecule has 0 unspecified atom stereocenters. The number of thiophene rings is 1. The maximum absolute atomic E-state index is 12.1. The summed E-state index contributed by atoms with van der Waals surface area (Å²) in [4.78, 5) is 17.3. The van der Waals surface area contributed by atoms with Gasteiger partial charge in [-0.3, -0.25) is 9.89 Å². The van der Waals surface area contributed by atoms with E-state index in [1.807, 2.05) is 30.5 Å². The number of amides is 1. The van der Waals surface area contributed by atoms with Crippen LogP contribution in [0, 0.1) is 18.8 Å². The second-order valence-electron chi connectivity index (χ2n) is 4.66. The molecule has 0 aromatic carbocycles. The molecule has 0 aliphatic rings. The van der Waals surface area contributed by atoms with Crippen LogP contribution in [0.25, 0.3) is 0 Å². The van der Waals surface area contributed by atoms with E-state index in [2.05, 4.69) is 32.3 Å². The molecule has 114 valence electrons. The number of carbonyl (C=O) groups is 1. The zero-order chi connectivity index (χ0) is 16.2. The minimum atomic E-state index is -0.388. The molecule has 0 radical (unpaired) electrons. The van der Waals surface area contributed by atoms with Gasteiger partial charge in [0.25, 0.3) is 5.91 Å². The first-order valence-corrected chi connectivity index (χ1v) is 7.91. The van der Waals surface area contributed by atoms with Gasteiger partial charge in [-0.25, -0.2) is 4.98 Å². The summed E-state index contributed by atoms with van der Waals surface area (Å²) >= 11 is 7.45. The Hall–Kier alpha value is -2.62. The van der Waals surface area contributed by atoms with E-state index in [0.29, 0.717) is 5.82 Å². The zero-order valence-corrected chi connectivity index (χ0v) is 13.6. The van der Waals surface area contributed by atoms with Gasteiger partial charge in [0.15, 0.2) is 0 Å². The highest BCUT2D eigenvalue weighted by atomic mass is 35.5. The van der Waals surface area contributed by atoms with Gasteiger partial charge in [-0.2, -0.15) is 5.10 Å². The monoisotopic (exact) mass is 342 g/mol. The Kier molecular flexibility index (Phi) is 4.42. The molecule has 3 aromatic heterocycles. The van der Waals surface area contributed by atoms with Crippen molar-refractivity contribution < 1.29 is 4.79 Å². The quantitative estimate of drug-likeness (QED) is 0.700. The molecule has 0 saturated carbocycles. The number of nitrogens with zero attached hydrogens (tertiary/aromatic N) is 2. The number of nitrogens with one attached hydrogen (secondary N) is 2. The summed E-state index contributed by atoms with van der Waals surface area (Å²) in [6.45, 7) is 1.85. The van der Waals surface area contributed by atoms with Crippen LogP contribution in [0.3, 0.4) is 0 Å². The number of H-pyrrole nitrogens is 1. The number of aryl methyl sites for hydroxylation is 1. The summed E-state index contributed by atoms with van der Waals surface area (Å²) in [7, 11) is 0. The number of hydrogen-bond acceptors (Lipinski definition) is 4. The summed E-state index contributed by atoms with van der Waals surface area (Å²) in [5.74, 6) is 6.19. The van der Waals surface area contributed by atoms with E-state index in [-0.39, 0.29) is 16.6 Å². The minimum absolute atomic E-state index is 0.203. The lowest BCUT2D eigenvalue weighted by Crippen LogP contribution is -2.15. The van der Waals surface area contributed by atoms with E-state index >= 15 is 0 Å². The molecule has 7 heteroatoms. The van der Waals surface area contributed by atoms with Crippen molar-refractivity contribution in [3.63, 3.8) is 0 Å². The number of carbonyl (C=O) groups excluding carboxylic acids is 1. The van der Waals surface area contributed by atoms with Gasteiger partial charge in [0.1, 0.15) is 11.5 Å². The van der Waals surface area contributed by atoms with Crippen molar-refractivity contribution in [2.24, 2.45) is 0 Å². The van der Waals surface area contributed by atoms with Gasteiger partial charge >= 0.3 is 0 Å².